The number of rotatable bonds is 5. The minimum atomic E-state index is -0.489. The fraction of sp³-hybridized carbons (Fsp3) is 0.421. The van der Waals surface area contributed by atoms with Crippen LogP contribution in [0.1, 0.15) is 17.8 Å². The van der Waals surface area contributed by atoms with Crippen molar-refractivity contribution in [3.8, 4) is 11.5 Å². The second-order valence-corrected chi connectivity index (χ2v) is 7.13. The van der Waals surface area contributed by atoms with E-state index < -0.39 is 5.92 Å². The first-order chi connectivity index (χ1) is 13.3. The van der Waals surface area contributed by atoms with Crippen LogP contribution in [0.5, 0.6) is 11.5 Å². The largest absolute Gasteiger partial charge is 0.495 e. The number of carbonyl (C=O) groups excluding carboxylic acids is 2. The van der Waals surface area contributed by atoms with Gasteiger partial charge in [0.1, 0.15) is 11.5 Å². The van der Waals surface area contributed by atoms with E-state index in [0.29, 0.717) is 27.9 Å². The van der Waals surface area contributed by atoms with E-state index in [4.69, 9.17) is 21.1 Å². The van der Waals surface area contributed by atoms with Gasteiger partial charge in [0, 0.05) is 26.1 Å². The summed E-state index contributed by atoms with van der Waals surface area (Å²) in [6, 6.07) is 3.24. The molecule has 2 heterocycles. The average Bonchev–Trinajstić information content (AvgIpc) is 3.16. The summed E-state index contributed by atoms with van der Waals surface area (Å²) in [4.78, 5) is 26.9. The van der Waals surface area contributed by atoms with Crippen molar-refractivity contribution in [3.63, 3.8) is 0 Å². The molecule has 0 unspecified atom stereocenters. The van der Waals surface area contributed by atoms with E-state index in [1.165, 1.54) is 19.1 Å². The Hall–Kier alpha value is -2.74. The van der Waals surface area contributed by atoms with Crippen molar-refractivity contribution < 1.29 is 19.1 Å². The summed E-state index contributed by atoms with van der Waals surface area (Å²) >= 11 is 6.22. The normalized spacial score (nSPS) is 16.4. The molecule has 1 aliphatic heterocycles. The number of hydrogen-bond acceptors (Lipinski definition) is 5. The van der Waals surface area contributed by atoms with Crippen LogP contribution in [-0.4, -0.2) is 42.4 Å². The lowest BCUT2D eigenvalue weighted by atomic mass is 10.1. The monoisotopic (exact) mass is 406 g/mol. The maximum atomic E-state index is 12.8. The van der Waals surface area contributed by atoms with E-state index >= 15 is 0 Å². The fourth-order valence-electron chi connectivity index (χ4n) is 3.35. The van der Waals surface area contributed by atoms with Gasteiger partial charge >= 0.3 is 0 Å². The Morgan fingerprint density at radius 3 is 2.50 bits per heavy atom. The van der Waals surface area contributed by atoms with Crippen LogP contribution in [0.25, 0.3) is 0 Å². The number of halogens is 1. The molecule has 0 bridgehead atoms. The van der Waals surface area contributed by atoms with Crippen molar-refractivity contribution in [2.75, 3.05) is 31.0 Å². The van der Waals surface area contributed by atoms with Gasteiger partial charge in [-0.2, -0.15) is 5.10 Å². The van der Waals surface area contributed by atoms with Gasteiger partial charge in [0.05, 0.1) is 47.9 Å². The van der Waals surface area contributed by atoms with E-state index in [1.54, 1.807) is 16.8 Å². The van der Waals surface area contributed by atoms with Gasteiger partial charge in [0.25, 0.3) is 0 Å². The molecule has 2 amide bonds. The number of nitrogens with one attached hydrogen (secondary N) is 1. The summed E-state index contributed by atoms with van der Waals surface area (Å²) in [5, 5.41) is 7.57. The lowest BCUT2D eigenvalue weighted by molar-refractivity contribution is -0.122. The SMILES string of the molecule is COc1cc(OC)c(N2C[C@@H](C(=O)Nc3c(C)nn(C)c3C)CC2=O)cc1Cl. The Morgan fingerprint density at radius 2 is 1.93 bits per heavy atom. The van der Waals surface area contributed by atoms with Gasteiger partial charge in [-0.15, -0.1) is 0 Å². The fourth-order valence-corrected chi connectivity index (χ4v) is 3.59. The van der Waals surface area contributed by atoms with Crippen LogP contribution >= 0.6 is 11.6 Å². The molecule has 28 heavy (non-hydrogen) atoms. The smallest absolute Gasteiger partial charge is 0.229 e. The maximum Gasteiger partial charge on any atom is 0.229 e. The minimum Gasteiger partial charge on any atom is -0.495 e. The zero-order valence-corrected chi connectivity index (χ0v) is 17.3. The summed E-state index contributed by atoms with van der Waals surface area (Å²) in [6.07, 6.45) is 0.108. The molecular formula is C19H23ClN4O4. The first-order valence-electron chi connectivity index (χ1n) is 8.79. The van der Waals surface area contributed by atoms with E-state index in [-0.39, 0.29) is 24.8 Å². The summed E-state index contributed by atoms with van der Waals surface area (Å²) < 4.78 is 12.3. The molecular weight excluding hydrogens is 384 g/mol. The first-order valence-corrected chi connectivity index (χ1v) is 9.17. The highest BCUT2D eigenvalue weighted by atomic mass is 35.5. The Kier molecular flexibility index (Phi) is 5.51. The third-order valence-electron chi connectivity index (χ3n) is 5.00. The number of nitrogens with zero attached hydrogens (tertiary/aromatic N) is 3. The van der Waals surface area contributed by atoms with Crippen LogP contribution in [0, 0.1) is 19.8 Å². The highest BCUT2D eigenvalue weighted by Crippen LogP contribution is 2.40. The number of hydrogen-bond donors (Lipinski definition) is 1. The number of benzene rings is 1. The lowest BCUT2D eigenvalue weighted by Crippen LogP contribution is -2.28. The van der Waals surface area contributed by atoms with Crippen LogP contribution < -0.4 is 19.7 Å². The Bertz CT molecular complexity index is 941. The molecule has 9 heteroatoms. The van der Waals surface area contributed by atoms with Gasteiger partial charge in [-0.1, -0.05) is 11.6 Å². The highest BCUT2D eigenvalue weighted by molar-refractivity contribution is 6.32. The Balaban J connectivity index is 1.82. The molecule has 1 N–H and O–H groups in total. The summed E-state index contributed by atoms with van der Waals surface area (Å²) in [6.45, 7) is 3.95. The molecule has 150 valence electrons. The molecule has 0 saturated carbocycles. The topological polar surface area (TPSA) is 85.7 Å². The second kappa shape index (κ2) is 7.71. The average molecular weight is 407 g/mol. The molecule has 0 spiro atoms. The molecule has 0 aliphatic carbocycles. The minimum absolute atomic E-state index is 0.108. The molecule has 1 aromatic heterocycles. The molecule has 1 saturated heterocycles. The number of methoxy groups -OCH3 is 2. The summed E-state index contributed by atoms with van der Waals surface area (Å²) in [5.74, 6) is 0.0327. The number of carbonyl (C=O) groups is 2. The maximum absolute atomic E-state index is 12.8. The van der Waals surface area contributed by atoms with Gasteiger partial charge in [-0.3, -0.25) is 14.3 Å². The van der Waals surface area contributed by atoms with E-state index in [2.05, 4.69) is 10.4 Å². The number of aromatic nitrogens is 2. The van der Waals surface area contributed by atoms with Crippen LogP contribution in [0.3, 0.4) is 0 Å². The molecule has 1 fully saturated rings. The standard InChI is InChI=1S/C19H23ClN4O4/c1-10-18(11(2)23(3)22-10)21-19(26)12-6-17(25)24(9-12)14-7-13(20)15(27-4)8-16(14)28-5/h7-8,12H,6,9H2,1-5H3,(H,21,26)/t12-/m0/s1. The van der Waals surface area contributed by atoms with Crippen molar-refractivity contribution in [2.24, 2.45) is 13.0 Å². The van der Waals surface area contributed by atoms with E-state index in [0.717, 1.165) is 11.4 Å². The molecule has 8 nitrogen and oxygen atoms in total. The van der Waals surface area contributed by atoms with Crippen molar-refractivity contribution in [3.05, 3.63) is 28.5 Å². The summed E-state index contributed by atoms with van der Waals surface area (Å²) in [7, 11) is 4.83. The molecule has 1 aromatic carbocycles. The van der Waals surface area contributed by atoms with Gasteiger partial charge in [-0.25, -0.2) is 0 Å². The number of anilines is 2. The Labute approximate surface area is 168 Å². The van der Waals surface area contributed by atoms with Crippen molar-refractivity contribution in [1.29, 1.82) is 0 Å². The third kappa shape index (κ3) is 3.52. The van der Waals surface area contributed by atoms with Crippen LogP contribution in [0.2, 0.25) is 5.02 Å². The lowest BCUT2D eigenvalue weighted by Gasteiger charge is -2.21. The molecule has 3 rings (SSSR count). The molecule has 2 aromatic rings. The summed E-state index contributed by atoms with van der Waals surface area (Å²) in [5.41, 5.74) is 2.79. The quantitative estimate of drug-likeness (QED) is 0.825. The van der Waals surface area contributed by atoms with Crippen molar-refractivity contribution >= 4 is 34.8 Å². The zero-order valence-electron chi connectivity index (χ0n) is 16.5. The predicted octanol–water partition coefficient (Wildman–Crippen LogP) is 2.70. The van der Waals surface area contributed by atoms with E-state index in [9.17, 15) is 9.59 Å². The zero-order chi connectivity index (χ0) is 20.6. The number of aryl methyl sites for hydroxylation is 2. The van der Waals surface area contributed by atoms with Crippen molar-refractivity contribution in [1.82, 2.24) is 9.78 Å². The predicted molar refractivity (Wildman–Crippen MR) is 106 cm³/mol. The van der Waals surface area contributed by atoms with Gasteiger partial charge < -0.3 is 19.7 Å². The van der Waals surface area contributed by atoms with Gasteiger partial charge in [0.2, 0.25) is 11.8 Å². The van der Waals surface area contributed by atoms with Gasteiger partial charge in [-0.05, 0) is 19.9 Å². The van der Waals surface area contributed by atoms with Crippen LogP contribution in [-0.2, 0) is 16.6 Å². The van der Waals surface area contributed by atoms with Crippen LogP contribution in [0.15, 0.2) is 12.1 Å². The molecule has 0 radical (unpaired) electrons. The molecule has 1 atom stereocenters. The Morgan fingerprint density at radius 1 is 1.25 bits per heavy atom. The van der Waals surface area contributed by atoms with Crippen LogP contribution in [0.4, 0.5) is 11.4 Å². The van der Waals surface area contributed by atoms with Crippen molar-refractivity contribution in [2.45, 2.75) is 20.3 Å². The highest BCUT2D eigenvalue weighted by Gasteiger charge is 2.37. The number of amides is 2. The second-order valence-electron chi connectivity index (χ2n) is 6.72. The number of ether oxygens (including phenoxy) is 2. The molecule has 1 aliphatic rings. The van der Waals surface area contributed by atoms with Gasteiger partial charge in [0.15, 0.2) is 0 Å². The van der Waals surface area contributed by atoms with E-state index in [1.807, 2.05) is 20.9 Å². The first kappa shape index (κ1) is 20.0. The third-order valence-corrected chi connectivity index (χ3v) is 5.29.